The van der Waals surface area contributed by atoms with Crippen LogP contribution in [0.5, 0.6) is 0 Å². The van der Waals surface area contributed by atoms with Gasteiger partial charge in [-0.3, -0.25) is 9.25 Å². The van der Waals surface area contributed by atoms with Crippen LogP contribution in [0.4, 0.5) is 5.82 Å². The zero-order chi connectivity index (χ0) is 14.1. The summed E-state index contributed by atoms with van der Waals surface area (Å²) in [5.41, 5.74) is 9.66. The maximum absolute atomic E-state index is 5.63. The Hall–Kier alpha value is -2.63. The molecule has 6 heteroatoms. The van der Waals surface area contributed by atoms with Crippen molar-refractivity contribution in [2.45, 2.75) is 13.3 Å². The van der Waals surface area contributed by atoms with E-state index in [-0.39, 0.29) is 0 Å². The molecule has 20 heavy (non-hydrogen) atoms. The van der Waals surface area contributed by atoms with Gasteiger partial charge in [-0.05, 0) is 18.6 Å². The molecule has 3 rings (SSSR count). The largest absolute Gasteiger partial charge is 0.384 e. The summed E-state index contributed by atoms with van der Waals surface area (Å²) in [6.07, 6.45) is 8.23. The van der Waals surface area contributed by atoms with Crippen molar-refractivity contribution < 1.29 is 0 Å². The third kappa shape index (κ3) is 2.05. The number of aromatic nitrogens is 5. The van der Waals surface area contributed by atoms with Crippen LogP contribution in [0.25, 0.3) is 16.9 Å². The molecule has 2 N–H and O–H groups in total. The van der Waals surface area contributed by atoms with Gasteiger partial charge in [0.25, 0.3) is 0 Å². The van der Waals surface area contributed by atoms with Crippen LogP contribution in [0.3, 0.4) is 0 Å². The first-order valence-corrected chi connectivity index (χ1v) is 6.46. The fourth-order valence-corrected chi connectivity index (χ4v) is 2.23. The van der Waals surface area contributed by atoms with E-state index in [0.717, 1.165) is 29.1 Å². The lowest BCUT2D eigenvalue weighted by atomic mass is 10.2. The molecule has 0 amide bonds. The SMILES string of the molecule is CCc1nn(C)cc1-n1cncc1-c1ccc(N)nc1. The maximum Gasteiger partial charge on any atom is 0.123 e. The first kappa shape index (κ1) is 12.4. The number of pyridine rings is 1. The predicted octanol–water partition coefficient (Wildman–Crippen LogP) is 1.81. The quantitative estimate of drug-likeness (QED) is 0.786. The number of nitrogen functional groups attached to an aromatic ring is 1. The molecule has 0 atom stereocenters. The number of imidazole rings is 1. The van der Waals surface area contributed by atoms with Gasteiger partial charge in [-0.25, -0.2) is 9.97 Å². The van der Waals surface area contributed by atoms with E-state index < -0.39 is 0 Å². The normalized spacial score (nSPS) is 10.9. The molecule has 0 unspecified atom stereocenters. The van der Waals surface area contributed by atoms with Gasteiger partial charge >= 0.3 is 0 Å². The Kier molecular flexibility index (Phi) is 2.98. The van der Waals surface area contributed by atoms with Crippen LogP contribution >= 0.6 is 0 Å². The lowest BCUT2D eigenvalue weighted by Crippen LogP contribution is -1.98. The number of rotatable bonds is 3. The topological polar surface area (TPSA) is 74.5 Å². The molecular formula is C14H16N6. The second-order valence-electron chi connectivity index (χ2n) is 4.61. The predicted molar refractivity (Wildman–Crippen MR) is 77.4 cm³/mol. The molecule has 6 nitrogen and oxygen atoms in total. The number of hydrogen-bond donors (Lipinski definition) is 1. The van der Waals surface area contributed by atoms with Gasteiger partial charge in [0.15, 0.2) is 0 Å². The molecular weight excluding hydrogens is 252 g/mol. The number of nitrogens with zero attached hydrogens (tertiary/aromatic N) is 5. The molecule has 3 heterocycles. The van der Waals surface area contributed by atoms with Gasteiger partial charge < -0.3 is 5.73 Å². The number of hydrogen-bond acceptors (Lipinski definition) is 4. The molecule has 0 aliphatic heterocycles. The monoisotopic (exact) mass is 268 g/mol. The molecule has 0 saturated heterocycles. The van der Waals surface area contributed by atoms with E-state index >= 15 is 0 Å². The molecule has 0 aliphatic carbocycles. The number of nitrogens with two attached hydrogens (primary N) is 1. The van der Waals surface area contributed by atoms with Crippen LogP contribution in [0.1, 0.15) is 12.6 Å². The Morgan fingerprint density at radius 1 is 1.25 bits per heavy atom. The summed E-state index contributed by atoms with van der Waals surface area (Å²) < 4.78 is 3.85. The zero-order valence-corrected chi connectivity index (χ0v) is 11.5. The molecule has 0 fully saturated rings. The van der Waals surface area contributed by atoms with Crippen LogP contribution in [0.2, 0.25) is 0 Å². The smallest absolute Gasteiger partial charge is 0.123 e. The van der Waals surface area contributed by atoms with Crippen molar-refractivity contribution in [2.24, 2.45) is 7.05 Å². The molecule has 0 radical (unpaired) electrons. The van der Waals surface area contributed by atoms with E-state index in [4.69, 9.17) is 5.73 Å². The molecule has 3 aromatic rings. The highest BCUT2D eigenvalue weighted by Crippen LogP contribution is 2.24. The molecule has 0 spiro atoms. The van der Waals surface area contributed by atoms with Gasteiger partial charge in [-0.15, -0.1) is 0 Å². The summed E-state index contributed by atoms with van der Waals surface area (Å²) in [6, 6.07) is 3.73. The van der Waals surface area contributed by atoms with Crippen molar-refractivity contribution in [1.29, 1.82) is 0 Å². The Labute approximate surface area is 116 Å². The molecule has 0 saturated carbocycles. The molecule has 0 bridgehead atoms. The van der Waals surface area contributed by atoms with Crippen LogP contribution < -0.4 is 5.73 Å². The van der Waals surface area contributed by atoms with Gasteiger partial charge in [-0.2, -0.15) is 5.10 Å². The van der Waals surface area contributed by atoms with E-state index in [2.05, 4.69) is 22.0 Å². The van der Waals surface area contributed by atoms with Crippen LogP contribution in [-0.4, -0.2) is 24.3 Å². The maximum atomic E-state index is 5.63. The van der Waals surface area contributed by atoms with E-state index in [0.29, 0.717) is 5.82 Å². The first-order chi connectivity index (χ1) is 9.69. The summed E-state index contributed by atoms with van der Waals surface area (Å²) in [6.45, 7) is 2.09. The standard InChI is InChI=1S/C14H16N6/c1-3-11-13(8-19(2)18-11)20-9-16-7-12(20)10-4-5-14(15)17-6-10/h4-9H,3H2,1-2H3,(H2,15,17). The van der Waals surface area contributed by atoms with Gasteiger partial charge in [0, 0.05) is 25.0 Å². The average Bonchev–Trinajstić information content (AvgIpc) is 3.05. The van der Waals surface area contributed by atoms with E-state index in [1.54, 1.807) is 18.6 Å². The fraction of sp³-hybridized carbons (Fsp3) is 0.214. The minimum absolute atomic E-state index is 0.510. The lowest BCUT2D eigenvalue weighted by Gasteiger charge is -2.07. The first-order valence-electron chi connectivity index (χ1n) is 6.46. The third-order valence-electron chi connectivity index (χ3n) is 3.20. The zero-order valence-electron chi connectivity index (χ0n) is 11.5. The summed E-state index contributed by atoms with van der Waals surface area (Å²) in [5, 5.41) is 4.47. The minimum atomic E-state index is 0.510. The summed E-state index contributed by atoms with van der Waals surface area (Å²) >= 11 is 0. The molecule has 3 aromatic heterocycles. The van der Waals surface area contributed by atoms with Gasteiger partial charge in [-0.1, -0.05) is 6.92 Å². The Balaban J connectivity index is 2.12. The van der Waals surface area contributed by atoms with E-state index in [1.165, 1.54) is 0 Å². The van der Waals surface area contributed by atoms with Crippen molar-refractivity contribution >= 4 is 5.82 Å². The fourth-order valence-electron chi connectivity index (χ4n) is 2.23. The van der Waals surface area contributed by atoms with E-state index in [9.17, 15) is 0 Å². The van der Waals surface area contributed by atoms with Crippen molar-refractivity contribution in [3.05, 3.63) is 42.7 Å². The Bertz CT molecular complexity index is 722. The third-order valence-corrected chi connectivity index (χ3v) is 3.20. The Morgan fingerprint density at radius 2 is 2.10 bits per heavy atom. The summed E-state index contributed by atoms with van der Waals surface area (Å²) in [7, 11) is 1.92. The van der Waals surface area contributed by atoms with Crippen molar-refractivity contribution in [1.82, 2.24) is 24.3 Å². The van der Waals surface area contributed by atoms with Crippen molar-refractivity contribution in [2.75, 3.05) is 5.73 Å². The highest BCUT2D eigenvalue weighted by molar-refractivity contribution is 5.62. The van der Waals surface area contributed by atoms with Crippen LogP contribution in [0, 0.1) is 0 Å². The summed E-state index contributed by atoms with van der Waals surface area (Å²) in [4.78, 5) is 8.38. The Morgan fingerprint density at radius 3 is 2.80 bits per heavy atom. The molecule has 102 valence electrons. The van der Waals surface area contributed by atoms with Crippen LogP contribution in [-0.2, 0) is 13.5 Å². The van der Waals surface area contributed by atoms with Crippen molar-refractivity contribution in [3.8, 4) is 16.9 Å². The highest BCUT2D eigenvalue weighted by atomic mass is 15.3. The average molecular weight is 268 g/mol. The van der Waals surface area contributed by atoms with Crippen molar-refractivity contribution in [3.63, 3.8) is 0 Å². The van der Waals surface area contributed by atoms with Gasteiger partial charge in [0.1, 0.15) is 5.82 Å². The number of aryl methyl sites for hydroxylation is 2. The van der Waals surface area contributed by atoms with Crippen LogP contribution in [0.15, 0.2) is 37.1 Å². The van der Waals surface area contributed by atoms with Gasteiger partial charge in [0.05, 0.1) is 29.6 Å². The second kappa shape index (κ2) is 4.80. The lowest BCUT2D eigenvalue weighted by molar-refractivity contribution is 0.746. The number of anilines is 1. The van der Waals surface area contributed by atoms with Gasteiger partial charge in [0.2, 0.25) is 0 Å². The second-order valence-corrected chi connectivity index (χ2v) is 4.61. The highest BCUT2D eigenvalue weighted by Gasteiger charge is 2.13. The summed E-state index contributed by atoms with van der Waals surface area (Å²) in [5.74, 6) is 0.510. The minimum Gasteiger partial charge on any atom is -0.384 e. The molecule has 0 aromatic carbocycles. The molecule has 0 aliphatic rings. The van der Waals surface area contributed by atoms with E-state index in [1.807, 2.05) is 34.8 Å².